The fourth-order valence-electron chi connectivity index (χ4n) is 2.47. The van der Waals surface area contributed by atoms with Gasteiger partial charge in [0.2, 0.25) is 12.3 Å². The molecule has 1 N–H and O–H groups in total. The number of amides is 1. The van der Waals surface area contributed by atoms with Gasteiger partial charge in [0.05, 0.1) is 0 Å². The molecular formula is C20H21N3O3. The minimum atomic E-state index is -0.206. The third-order valence-electron chi connectivity index (χ3n) is 4.21. The third kappa shape index (κ3) is 4.47. The van der Waals surface area contributed by atoms with Crippen LogP contribution in [0.5, 0.6) is 5.75 Å². The molecule has 134 valence electrons. The first-order chi connectivity index (χ1) is 12.7. The van der Waals surface area contributed by atoms with Crippen LogP contribution < -0.4 is 10.1 Å². The van der Waals surface area contributed by atoms with E-state index in [9.17, 15) is 4.79 Å². The van der Waals surface area contributed by atoms with Crippen LogP contribution in [0.3, 0.4) is 0 Å². The number of ether oxygens (including phenoxy) is 1. The van der Waals surface area contributed by atoms with Gasteiger partial charge in [-0.25, -0.2) is 0 Å². The summed E-state index contributed by atoms with van der Waals surface area (Å²) >= 11 is 0. The Bertz CT molecular complexity index is 828. The predicted molar refractivity (Wildman–Crippen MR) is 99.0 cm³/mol. The summed E-state index contributed by atoms with van der Waals surface area (Å²) in [7, 11) is 0. The number of hydrogen-bond acceptors (Lipinski definition) is 5. The van der Waals surface area contributed by atoms with Crippen molar-refractivity contribution in [3.8, 4) is 17.2 Å². The second kappa shape index (κ2) is 8.29. The highest BCUT2D eigenvalue weighted by Crippen LogP contribution is 2.21. The quantitative estimate of drug-likeness (QED) is 0.688. The fourth-order valence-corrected chi connectivity index (χ4v) is 2.47. The molecule has 0 saturated carbocycles. The van der Waals surface area contributed by atoms with E-state index in [-0.39, 0.29) is 12.5 Å². The third-order valence-corrected chi connectivity index (χ3v) is 4.21. The monoisotopic (exact) mass is 351 g/mol. The molecule has 6 heteroatoms. The van der Waals surface area contributed by atoms with E-state index in [4.69, 9.17) is 9.15 Å². The van der Waals surface area contributed by atoms with Gasteiger partial charge in [-0.05, 0) is 54.3 Å². The molecule has 0 aliphatic carbocycles. The zero-order chi connectivity index (χ0) is 18.4. The lowest BCUT2D eigenvalue weighted by Crippen LogP contribution is -2.20. The second-order valence-corrected chi connectivity index (χ2v) is 6.04. The Morgan fingerprint density at radius 3 is 2.50 bits per heavy atom. The van der Waals surface area contributed by atoms with Crippen molar-refractivity contribution >= 4 is 11.6 Å². The molecule has 3 aromatic rings. The van der Waals surface area contributed by atoms with Gasteiger partial charge in [0.1, 0.15) is 5.75 Å². The van der Waals surface area contributed by atoms with Crippen molar-refractivity contribution in [2.45, 2.75) is 26.2 Å². The van der Waals surface area contributed by atoms with Crippen molar-refractivity contribution in [3.63, 3.8) is 0 Å². The van der Waals surface area contributed by atoms with Crippen LogP contribution in [0.15, 0.2) is 59.3 Å². The molecule has 0 radical (unpaired) electrons. The summed E-state index contributed by atoms with van der Waals surface area (Å²) in [5, 5.41) is 10.3. The molecule has 26 heavy (non-hydrogen) atoms. The molecule has 1 heterocycles. The van der Waals surface area contributed by atoms with Gasteiger partial charge in [0.25, 0.3) is 5.91 Å². The van der Waals surface area contributed by atoms with Gasteiger partial charge < -0.3 is 14.5 Å². The van der Waals surface area contributed by atoms with Crippen LogP contribution >= 0.6 is 0 Å². The Kier molecular flexibility index (Phi) is 5.63. The number of hydrogen-bond donors (Lipinski definition) is 1. The largest absolute Gasteiger partial charge is 0.484 e. The highest BCUT2D eigenvalue weighted by molar-refractivity contribution is 5.91. The first-order valence-electron chi connectivity index (χ1n) is 8.55. The van der Waals surface area contributed by atoms with Crippen LogP contribution in [-0.4, -0.2) is 22.7 Å². The van der Waals surface area contributed by atoms with Gasteiger partial charge in [0.15, 0.2) is 6.61 Å². The van der Waals surface area contributed by atoms with E-state index in [2.05, 4.69) is 29.4 Å². The normalized spacial score (nSPS) is 11.8. The van der Waals surface area contributed by atoms with Crippen LogP contribution in [0.4, 0.5) is 5.69 Å². The second-order valence-electron chi connectivity index (χ2n) is 6.04. The molecule has 1 amide bonds. The predicted octanol–water partition coefficient (Wildman–Crippen LogP) is 4.27. The summed E-state index contributed by atoms with van der Waals surface area (Å²) in [6.07, 6.45) is 2.37. The van der Waals surface area contributed by atoms with E-state index in [0.717, 1.165) is 17.7 Å². The first kappa shape index (κ1) is 17.7. The topological polar surface area (TPSA) is 77.2 Å². The molecule has 0 saturated heterocycles. The lowest BCUT2D eigenvalue weighted by molar-refractivity contribution is -0.118. The molecule has 0 fully saturated rings. The molecule has 1 unspecified atom stereocenters. The number of carbonyl (C=O) groups excluding carboxylic acids is 1. The lowest BCUT2D eigenvalue weighted by Gasteiger charge is -2.11. The van der Waals surface area contributed by atoms with E-state index in [0.29, 0.717) is 17.6 Å². The number of aromatic nitrogens is 2. The Labute approximate surface area is 152 Å². The molecule has 0 aliphatic heterocycles. The SMILES string of the molecule is CCC(C)c1ccc(NC(=O)COc2ccc(-c3nnco3)cc2)cc1. The Hall–Kier alpha value is -3.15. The molecular weight excluding hydrogens is 330 g/mol. The van der Waals surface area contributed by atoms with E-state index < -0.39 is 0 Å². The summed E-state index contributed by atoms with van der Waals surface area (Å²) in [5.41, 5.74) is 2.82. The lowest BCUT2D eigenvalue weighted by atomic mass is 9.99. The van der Waals surface area contributed by atoms with Gasteiger partial charge >= 0.3 is 0 Å². The van der Waals surface area contributed by atoms with Crippen molar-refractivity contribution in [3.05, 3.63) is 60.5 Å². The number of nitrogens with one attached hydrogen (secondary N) is 1. The highest BCUT2D eigenvalue weighted by atomic mass is 16.5. The summed E-state index contributed by atoms with van der Waals surface area (Å²) in [4.78, 5) is 12.0. The number of benzene rings is 2. The van der Waals surface area contributed by atoms with Crippen molar-refractivity contribution in [1.82, 2.24) is 10.2 Å². The van der Waals surface area contributed by atoms with Crippen molar-refractivity contribution in [2.75, 3.05) is 11.9 Å². The minimum absolute atomic E-state index is 0.0625. The highest BCUT2D eigenvalue weighted by Gasteiger charge is 2.07. The van der Waals surface area contributed by atoms with Crippen molar-refractivity contribution in [2.24, 2.45) is 0 Å². The maximum absolute atomic E-state index is 12.0. The number of nitrogens with zero attached hydrogens (tertiary/aromatic N) is 2. The summed E-state index contributed by atoms with van der Waals surface area (Å²) in [5.74, 6) is 1.34. The summed E-state index contributed by atoms with van der Waals surface area (Å²) in [6, 6.07) is 15.0. The van der Waals surface area contributed by atoms with Crippen LogP contribution in [0, 0.1) is 0 Å². The van der Waals surface area contributed by atoms with Crippen LogP contribution in [0.1, 0.15) is 31.7 Å². The Morgan fingerprint density at radius 2 is 1.88 bits per heavy atom. The van der Waals surface area contributed by atoms with Gasteiger partial charge in [-0.1, -0.05) is 26.0 Å². The molecule has 0 aliphatic rings. The first-order valence-corrected chi connectivity index (χ1v) is 8.55. The molecule has 0 bridgehead atoms. The fraction of sp³-hybridized carbons (Fsp3) is 0.250. The standard InChI is InChI=1S/C20H21N3O3/c1-3-14(2)15-4-8-17(9-5-15)22-19(24)12-25-18-10-6-16(7-11-18)20-23-21-13-26-20/h4-11,13-14H,3,12H2,1-2H3,(H,22,24). The number of anilines is 1. The van der Waals surface area contributed by atoms with E-state index >= 15 is 0 Å². The Balaban J connectivity index is 1.51. The zero-order valence-electron chi connectivity index (χ0n) is 14.8. The van der Waals surface area contributed by atoms with E-state index in [1.165, 1.54) is 12.0 Å². The molecule has 3 rings (SSSR count). The van der Waals surface area contributed by atoms with Crippen LogP contribution in [0.25, 0.3) is 11.5 Å². The number of carbonyl (C=O) groups is 1. The average Bonchev–Trinajstić information content (AvgIpc) is 3.21. The molecule has 2 aromatic carbocycles. The van der Waals surface area contributed by atoms with Crippen molar-refractivity contribution in [1.29, 1.82) is 0 Å². The van der Waals surface area contributed by atoms with Crippen LogP contribution in [0.2, 0.25) is 0 Å². The average molecular weight is 351 g/mol. The van der Waals surface area contributed by atoms with Crippen molar-refractivity contribution < 1.29 is 13.9 Å². The summed E-state index contributed by atoms with van der Waals surface area (Å²) in [6.45, 7) is 4.28. The molecule has 1 aromatic heterocycles. The smallest absolute Gasteiger partial charge is 0.262 e. The maximum atomic E-state index is 12.0. The summed E-state index contributed by atoms with van der Waals surface area (Å²) < 4.78 is 10.6. The van der Waals surface area contributed by atoms with E-state index in [1.807, 2.05) is 24.3 Å². The van der Waals surface area contributed by atoms with Gasteiger partial charge in [-0.2, -0.15) is 0 Å². The van der Waals surface area contributed by atoms with Gasteiger partial charge in [-0.3, -0.25) is 4.79 Å². The maximum Gasteiger partial charge on any atom is 0.262 e. The zero-order valence-corrected chi connectivity index (χ0v) is 14.8. The Morgan fingerprint density at radius 1 is 1.15 bits per heavy atom. The molecule has 6 nitrogen and oxygen atoms in total. The van der Waals surface area contributed by atoms with Crippen LogP contribution in [-0.2, 0) is 4.79 Å². The number of rotatable bonds is 7. The minimum Gasteiger partial charge on any atom is -0.484 e. The van der Waals surface area contributed by atoms with Gasteiger partial charge in [0, 0.05) is 11.3 Å². The van der Waals surface area contributed by atoms with Gasteiger partial charge in [-0.15, -0.1) is 10.2 Å². The molecule has 1 atom stereocenters. The molecule has 0 spiro atoms. The van der Waals surface area contributed by atoms with E-state index in [1.54, 1.807) is 24.3 Å².